The third kappa shape index (κ3) is 5.48. The number of aromatic amines is 1. The second-order valence-electron chi connectivity index (χ2n) is 9.91. The number of H-pyrrole nitrogens is 1. The number of para-hydroxylation sites is 1. The molecule has 7 nitrogen and oxygen atoms in total. The largest absolute Gasteiger partial charge is 0.493 e. The van der Waals surface area contributed by atoms with Crippen LogP contribution in [0.3, 0.4) is 0 Å². The predicted octanol–water partition coefficient (Wildman–Crippen LogP) is 5.06. The summed E-state index contributed by atoms with van der Waals surface area (Å²) in [5.41, 5.74) is 3.27. The average molecular weight is 519 g/mol. The molecule has 1 fully saturated rings. The number of fused-ring (bicyclic) bond motifs is 1. The van der Waals surface area contributed by atoms with Crippen LogP contribution in [0.5, 0.6) is 5.75 Å². The number of carbonyl (C=O) groups excluding carboxylic acids is 1. The number of hydrogen-bond donors (Lipinski definition) is 1. The van der Waals surface area contributed by atoms with E-state index in [1.807, 2.05) is 70.5 Å². The van der Waals surface area contributed by atoms with Gasteiger partial charge in [0.1, 0.15) is 5.75 Å². The first-order valence-electron chi connectivity index (χ1n) is 13.3. The molecule has 1 amide bonds. The number of anilines is 1. The summed E-state index contributed by atoms with van der Waals surface area (Å²) in [6, 6.07) is 23.1. The highest BCUT2D eigenvalue weighted by Gasteiger charge is 2.24. The molecule has 3 aromatic carbocycles. The molecule has 196 valence electrons. The Balaban J connectivity index is 1.07. The minimum Gasteiger partial charge on any atom is -0.493 e. The summed E-state index contributed by atoms with van der Waals surface area (Å²) in [6.45, 7) is 2.97. The molecule has 1 saturated heterocycles. The molecule has 0 bridgehead atoms. The maximum Gasteiger partial charge on any atom is 0.260 e. The molecule has 1 atom stereocenters. The third-order valence-corrected chi connectivity index (χ3v) is 7.30. The van der Waals surface area contributed by atoms with Crippen LogP contribution < -0.4 is 15.2 Å². The maximum atomic E-state index is 13.2. The number of carbonyl (C=O) groups is 1. The number of piperazine rings is 1. The summed E-state index contributed by atoms with van der Waals surface area (Å²) in [5, 5.41) is 0.576. The number of nitrogens with zero attached hydrogens (tertiary/aromatic N) is 3. The van der Waals surface area contributed by atoms with E-state index in [1.165, 1.54) is 0 Å². The summed E-state index contributed by atoms with van der Waals surface area (Å²) in [5.74, 6) is 1.80. The Labute approximate surface area is 227 Å². The van der Waals surface area contributed by atoms with Crippen molar-refractivity contribution < 1.29 is 9.53 Å². The zero-order valence-corrected chi connectivity index (χ0v) is 21.6. The van der Waals surface area contributed by atoms with Crippen molar-refractivity contribution in [2.24, 2.45) is 5.92 Å². The third-order valence-electron chi connectivity index (χ3n) is 7.30. The van der Waals surface area contributed by atoms with Crippen molar-refractivity contribution in [3.63, 3.8) is 0 Å². The molecular formula is C32H30N4O3. The Hall–Kier alpha value is -4.65. The molecule has 2 heterocycles. The molecule has 1 aliphatic heterocycles. The Kier molecular flexibility index (Phi) is 6.95. The lowest BCUT2D eigenvalue weighted by Crippen LogP contribution is -2.49. The van der Waals surface area contributed by atoms with Gasteiger partial charge in [0.25, 0.3) is 11.5 Å². The minimum absolute atomic E-state index is 0.00725. The Morgan fingerprint density at radius 3 is 2.54 bits per heavy atom. The van der Waals surface area contributed by atoms with Gasteiger partial charge < -0.3 is 14.5 Å². The van der Waals surface area contributed by atoms with E-state index in [9.17, 15) is 9.59 Å². The van der Waals surface area contributed by atoms with Crippen LogP contribution in [0.1, 0.15) is 16.8 Å². The lowest BCUT2D eigenvalue weighted by atomic mass is 10.0. The molecule has 4 aromatic rings. The van der Waals surface area contributed by atoms with Crippen LogP contribution in [0.15, 0.2) is 102 Å². The molecule has 1 aromatic heterocycles. The summed E-state index contributed by atoms with van der Waals surface area (Å²) in [4.78, 5) is 37.0. The first-order valence-corrected chi connectivity index (χ1v) is 13.3. The molecule has 6 rings (SSSR count). The summed E-state index contributed by atoms with van der Waals surface area (Å²) in [6.07, 6.45) is 9.48. The van der Waals surface area contributed by atoms with Crippen LogP contribution in [0.4, 0.5) is 5.95 Å². The highest BCUT2D eigenvalue weighted by molar-refractivity contribution is 5.95. The monoisotopic (exact) mass is 518 g/mol. The highest BCUT2D eigenvalue weighted by atomic mass is 16.5. The number of rotatable bonds is 6. The van der Waals surface area contributed by atoms with Crippen LogP contribution in [-0.2, 0) is 0 Å². The fraction of sp³-hybridized carbons (Fsp3) is 0.219. The van der Waals surface area contributed by atoms with Gasteiger partial charge in [0.05, 0.1) is 17.5 Å². The van der Waals surface area contributed by atoms with Gasteiger partial charge in [-0.3, -0.25) is 14.6 Å². The number of allylic oxidation sites excluding steroid dienone is 3. The van der Waals surface area contributed by atoms with E-state index in [4.69, 9.17) is 4.74 Å². The molecule has 0 saturated carbocycles. The fourth-order valence-corrected chi connectivity index (χ4v) is 5.06. The lowest BCUT2D eigenvalue weighted by molar-refractivity contribution is 0.0746. The van der Waals surface area contributed by atoms with Crippen molar-refractivity contribution in [3.8, 4) is 16.9 Å². The van der Waals surface area contributed by atoms with Gasteiger partial charge in [0, 0.05) is 37.7 Å². The van der Waals surface area contributed by atoms with Gasteiger partial charge in [-0.05, 0) is 53.9 Å². The van der Waals surface area contributed by atoms with Crippen LogP contribution in [0.2, 0.25) is 0 Å². The van der Waals surface area contributed by atoms with E-state index in [-0.39, 0.29) is 11.5 Å². The van der Waals surface area contributed by atoms with Crippen LogP contribution in [-0.4, -0.2) is 53.6 Å². The van der Waals surface area contributed by atoms with E-state index in [2.05, 4.69) is 40.3 Å². The normalized spacial score (nSPS) is 17.0. The summed E-state index contributed by atoms with van der Waals surface area (Å²) < 4.78 is 6.04. The first kappa shape index (κ1) is 24.7. The van der Waals surface area contributed by atoms with Crippen molar-refractivity contribution in [1.29, 1.82) is 0 Å². The molecule has 1 unspecified atom stereocenters. The molecule has 0 spiro atoms. The average Bonchev–Trinajstić information content (AvgIpc) is 3.00. The summed E-state index contributed by atoms with van der Waals surface area (Å²) >= 11 is 0. The lowest BCUT2D eigenvalue weighted by Gasteiger charge is -2.35. The van der Waals surface area contributed by atoms with E-state index in [1.54, 1.807) is 6.07 Å². The van der Waals surface area contributed by atoms with Gasteiger partial charge in [-0.15, -0.1) is 0 Å². The maximum absolute atomic E-state index is 13.2. The van der Waals surface area contributed by atoms with Crippen molar-refractivity contribution in [2.45, 2.75) is 6.42 Å². The molecule has 1 aliphatic carbocycles. The van der Waals surface area contributed by atoms with E-state index in [0.717, 1.165) is 23.3 Å². The molecule has 1 N–H and O–H groups in total. The molecule has 2 aliphatic rings. The number of amides is 1. The van der Waals surface area contributed by atoms with Gasteiger partial charge in [-0.1, -0.05) is 60.7 Å². The smallest absolute Gasteiger partial charge is 0.260 e. The van der Waals surface area contributed by atoms with Gasteiger partial charge in [-0.2, -0.15) is 0 Å². The minimum atomic E-state index is -0.148. The van der Waals surface area contributed by atoms with Crippen LogP contribution >= 0.6 is 0 Å². The Morgan fingerprint density at radius 1 is 0.923 bits per heavy atom. The van der Waals surface area contributed by atoms with E-state index < -0.39 is 0 Å². The number of nitrogens with one attached hydrogen (secondary N) is 1. The topological polar surface area (TPSA) is 78.5 Å². The Morgan fingerprint density at radius 2 is 1.74 bits per heavy atom. The van der Waals surface area contributed by atoms with Gasteiger partial charge >= 0.3 is 0 Å². The van der Waals surface area contributed by atoms with E-state index >= 15 is 0 Å². The second-order valence-corrected chi connectivity index (χ2v) is 9.91. The Bertz CT molecular complexity index is 1600. The standard InChI is InChI=1S/C32H30N4O3/c37-30-28-11-4-5-12-29(28)33-32(34-30)36-19-17-35(18-20-36)31(38)25-15-13-24(14-16-25)26-9-6-10-27(21-26)39-22-23-7-2-1-3-8-23/h1-7,9-16,21,23H,8,17-20,22H2,(H,33,34,37). The highest BCUT2D eigenvalue weighted by Crippen LogP contribution is 2.26. The van der Waals surface area contributed by atoms with Crippen molar-refractivity contribution in [2.75, 3.05) is 37.7 Å². The van der Waals surface area contributed by atoms with Crippen molar-refractivity contribution in [3.05, 3.63) is 113 Å². The quantitative estimate of drug-likeness (QED) is 0.386. The number of benzene rings is 3. The second kappa shape index (κ2) is 11.0. The molecule has 7 heteroatoms. The molecular weight excluding hydrogens is 488 g/mol. The predicted molar refractivity (Wildman–Crippen MR) is 154 cm³/mol. The van der Waals surface area contributed by atoms with E-state index in [0.29, 0.717) is 61.1 Å². The first-order chi connectivity index (χ1) is 19.1. The van der Waals surface area contributed by atoms with Gasteiger partial charge in [-0.25, -0.2) is 4.98 Å². The molecule has 39 heavy (non-hydrogen) atoms. The molecule has 0 radical (unpaired) electrons. The number of ether oxygens (including phenoxy) is 1. The number of aromatic nitrogens is 2. The fourth-order valence-electron chi connectivity index (χ4n) is 5.06. The number of hydrogen-bond acceptors (Lipinski definition) is 5. The van der Waals surface area contributed by atoms with Crippen molar-refractivity contribution >= 4 is 22.8 Å². The van der Waals surface area contributed by atoms with Crippen LogP contribution in [0.25, 0.3) is 22.0 Å². The summed E-state index contributed by atoms with van der Waals surface area (Å²) in [7, 11) is 0. The zero-order chi connectivity index (χ0) is 26.6. The van der Waals surface area contributed by atoms with Crippen LogP contribution in [0, 0.1) is 5.92 Å². The van der Waals surface area contributed by atoms with Crippen molar-refractivity contribution in [1.82, 2.24) is 14.9 Å². The zero-order valence-electron chi connectivity index (χ0n) is 21.6. The van der Waals surface area contributed by atoms with Gasteiger partial charge in [0.2, 0.25) is 5.95 Å². The SMILES string of the molecule is O=C(c1ccc(-c2cccc(OCC3C=CC=CC3)c2)cc1)N1CCN(c2nc3ccccc3c(=O)[nH]2)CC1. The van der Waals surface area contributed by atoms with Gasteiger partial charge in [0.15, 0.2) is 0 Å².